The lowest BCUT2D eigenvalue weighted by Crippen LogP contribution is -2.81. The lowest BCUT2D eigenvalue weighted by atomic mass is 9.44. The summed E-state index contributed by atoms with van der Waals surface area (Å²) >= 11 is 0. The standard InChI is InChI=1S/C49H59NO16/c1-9-10-13-22-33(53)63-37(35(28-18-14-11-15-19-28)50-43(58)46(6,7)66-44(50)59)42(57)62-30-24-49(60)40(64-41(56)29-20-16-12-17-21-29)38-47(8,39(55)36(54)34(26(30)2)45(49,4)5)31(52)23-32-48(38,25-61-32)65-27(3)51/h11-12,14-21,30-32,35-38,40,52,54,60H,9-10,13,22-25H2,1-8H3/t30-,31-,32?,35?,36+,37+,38-,40-,47+,48?,49?/m0/s1. The van der Waals surface area contributed by atoms with Crippen molar-refractivity contribution < 1.29 is 77.3 Å². The number of esters is 4. The number of carbonyl (C=O) groups is 7. The van der Waals surface area contributed by atoms with E-state index in [1.165, 1.54) is 65.8 Å². The highest BCUT2D eigenvalue weighted by molar-refractivity contribution is 6.03. The summed E-state index contributed by atoms with van der Waals surface area (Å²) in [7, 11) is 0. The molecule has 3 N–H and O–H groups in total. The molecule has 2 bridgehead atoms. The highest BCUT2D eigenvalue weighted by atomic mass is 16.6. The minimum Gasteiger partial charge on any atom is -0.455 e. The third kappa shape index (κ3) is 7.80. The number of hydrogen-bond acceptors (Lipinski definition) is 16. The number of imide groups is 1. The van der Waals surface area contributed by atoms with Crippen molar-refractivity contribution in [3.05, 3.63) is 82.9 Å². The van der Waals surface area contributed by atoms with Gasteiger partial charge in [0.2, 0.25) is 6.10 Å². The Morgan fingerprint density at radius 1 is 0.909 bits per heavy atom. The second-order valence-electron chi connectivity index (χ2n) is 19.4. The molecule has 2 saturated carbocycles. The number of amides is 2. The number of cyclic esters (lactones) is 1. The van der Waals surface area contributed by atoms with Gasteiger partial charge >= 0.3 is 30.0 Å². The summed E-state index contributed by atoms with van der Waals surface area (Å²) in [4.78, 5) is 99.4. The first-order valence-corrected chi connectivity index (χ1v) is 22.4. The fourth-order valence-electron chi connectivity index (χ4n) is 11.0. The van der Waals surface area contributed by atoms with E-state index in [0.29, 0.717) is 17.7 Å². The third-order valence-electron chi connectivity index (χ3n) is 14.6. The molecule has 0 aromatic heterocycles. The quantitative estimate of drug-likeness (QED) is 0.108. The minimum absolute atomic E-state index is 0.0489. The summed E-state index contributed by atoms with van der Waals surface area (Å²) in [6.45, 7) is 11.4. The van der Waals surface area contributed by atoms with Crippen LogP contribution < -0.4 is 0 Å². The minimum atomic E-state index is -2.45. The first-order valence-electron chi connectivity index (χ1n) is 22.4. The van der Waals surface area contributed by atoms with Gasteiger partial charge in [-0.25, -0.2) is 19.3 Å². The van der Waals surface area contributed by atoms with Crippen LogP contribution in [0.25, 0.3) is 0 Å². The number of ether oxygens (including phenoxy) is 6. The zero-order valence-corrected chi connectivity index (χ0v) is 38.4. The molecule has 4 unspecified atom stereocenters. The molecule has 7 rings (SSSR count). The number of unbranched alkanes of at least 4 members (excludes halogenated alkanes) is 2. The summed E-state index contributed by atoms with van der Waals surface area (Å²) in [6.07, 6.45) is -10.5. The van der Waals surface area contributed by atoms with E-state index in [9.17, 15) is 39.3 Å². The molecule has 11 atom stereocenters. The van der Waals surface area contributed by atoms with Crippen LogP contribution in [0.2, 0.25) is 0 Å². The van der Waals surface area contributed by atoms with E-state index in [-0.39, 0.29) is 41.7 Å². The molecule has 0 spiro atoms. The Morgan fingerprint density at radius 2 is 1.55 bits per heavy atom. The van der Waals surface area contributed by atoms with Crippen molar-refractivity contribution in [2.24, 2.45) is 16.7 Å². The van der Waals surface area contributed by atoms with Crippen molar-refractivity contribution in [2.75, 3.05) is 6.61 Å². The number of aliphatic hydroxyl groups is 3. The van der Waals surface area contributed by atoms with Gasteiger partial charge in [0.15, 0.2) is 17.0 Å². The number of nitrogens with zero attached hydrogens (tertiary/aromatic N) is 1. The Morgan fingerprint density at radius 3 is 2.11 bits per heavy atom. The van der Waals surface area contributed by atoms with Crippen LogP contribution in [-0.4, -0.2) is 122 Å². The van der Waals surface area contributed by atoms with Gasteiger partial charge in [-0.05, 0) is 63.0 Å². The van der Waals surface area contributed by atoms with Gasteiger partial charge in [0.05, 0.1) is 29.6 Å². The Balaban J connectivity index is 1.40. The average molecular weight is 918 g/mol. The van der Waals surface area contributed by atoms with Crippen molar-refractivity contribution in [3.8, 4) is 0 Å². The van der Waals surface area contributed by atoms with Crippen molar-refractivity contribution in [3.63, 3.8) is 0 Å². The highest BCUT2D eigenvalue weighted by Gasteiger charge is 2.78. The SMILES string of the molecule is CCCCCC(=O)O[C@@H](C(=O)O[C@H]1CC2(O)[C@@H](OC(=O)c3ccccc3)[C@@H]3C4(OC(C)=O)COC4C[C@H](O)[C@@]3(C)C(=O)[C@H](O)C(=C1C)C2(C)C)C(c1ccccc1)N1C(=O)OC(C)(C)C1=O. The molecule has 2 saturated heterocycles. The maximum Gasteiger partial charge on any atom is 0.418 e. The molecule has 17 nitrogen and oxygen atoms in total. The van der Waals surface area contributed by atoms with Gasteiger partial charge in [0.1, 0.15) is 36.1 Å². The number of rotatable bonds is 13. The third-order valence-corrected chi connectivity index (χ3v) is 14.6. The molecule has 2 amide bonds. The molecular formula is C49H59NO16. The maximum absolute atomic E-state index is 15.2. The van der Waals surface area contributed by atoms with Crippen molar-refractivity contribution >= 4 is 41.7 Å². The maximum atomic E-state index is 15.2. The first-order chi connectivity index (χ1) is 31.0. The number of aliphatic hydroxyl groups excluding tert-OH is 2. The van der Waals surface area contributed by atoms with Gasteiger partial charge in [-0.15, -0.1) is 0 Å². The molecule has 0 radical (unpaired) electrons. The second kappa shape index (κ2) is 17.6. The van der Waals surface area contributed by atoms with Crippen LogP contribution in [0.5, 0.6) is 0 Å². The van der Waals surface area contributed by atoms with Crippen molar-refractivity contribution in [1.29, 1.82) is 0 Å². The molecular weight excluding hydrogens is 859 g/mol. The molecule has 5 aliphatic rings. The molecule has 17 heteroatoms. The number of Topliss-reactive ketones (excluding diaryl/α,β-unsaturated/α-hetero) is 1. The molecule has 356 valence electrons. The lowest BCUT2D eigenvalue weighted by molar-refractivity contribution is -0.346. The molecule has 4 fully saturated rings. The van der Waals surface area contributed by atoms with E-state index >= 15 is 9.59 Å². The van der Waals surface area contributed by atoms with E-state index in [1.54, 1.807) is 36.4 Å². The van der Waals surface area contributed by atoms with E-state index < -0.39 is 124 Å². The average Bonchev–Trinajstić information content (AvgIpc) is 3.46. The molecule has 2 aliphatic heterocycles. The summed E-state index contributed by atoms with van der Waals surface area (Å²) in [5.41, 5.74) is -9.45. The van der Waals surface area contributed by atoms with E-state index in [2.05, 4.69) is 0 Å². The van der Waals surface area contributed by atoms with E-state index in [1.807, 2.05) is 6.92 Å². The molecule has 2 aromatic rings. The van der Waals surface area contributed by atoms with Crippen LogP contribution in [0.15, 0.2) is 71.8 Å². The van der Waals surface area contributed by atoms with Gasteiger partial charge in [0, 0.05) is 31.6 Å². The van der Waals surface area contributed by atoms with Gasteiger partial charge < -0.3 is 43.7 Å². The van der Waals surface area contributed by atoms with Gasteiger partial charge in [-0.2, -0.15) is 0 Å². The smallest absolute Gasteiger partial charge is 0.418 e. The molecule has 66 heavy (non-hydrogen) atoms. The summed E-state index contributed by atoms with van der Waals surface area (Å²) in [5, 5.41) is 38.1. The lowest BCUT2D eigenvalue weighted by Gasteiger charge is -2.67. The fraction of sp³-hybridized carbons (Fsp3) is 0.571. The van der Waals surface area contributed by atoms with Crippen LogP contribution >= 0.6 is 0 Å². The van der Waals surface area contributed by atoms with Crippen LogP contribution in [0, 0.1) is 16.7 Å². The topological polar surface area (TPSA) is 239 Å². The van der Waals surface area contributed by atoms with Crippen LogP contribution in [0.3, 0.4) is 0 Å². The van der Waals surface area contributed by atoms with E-state index in [0.717, 1.165) is 13.3 Å². The zero-order valence-electron chi connectivity index (χ0n) is 38.4. The molecule has 2 heterocycles. The van der Waals surface area contributed by atoms with Gasteiger partial charge in [-0.1, -0.05) is 82.1 Å². The molecule has 2 aromatic carbocycles. The zero-order chi connectivity index (χ0) is 48.3. The highest BCUT2D eigenvalue weighted by Crippen LogP contribution is 2.64. The Kier molecular flexibility index (Phi) is 12.9. The number of ketones is 1. The van der Waals surface area contributed by atoms with Crippen LogP contribution in [-0.2, 0) is 52.4 Å². The number of benzene rings is 2. The number of fused-ring (bicyclic) bond motifs is 5. The Bertz CT molecular complexity index is 2310. The first kappa shape index (κ1) is 48.4. The summed E-state index contributed by atoms with van der Waals surface area (Å²) in [6, 6.07) is 14.1. The number of hydrogen-bond donors (Lipinski definition) is 3. The normalized spacial score (nSPS) is 32.8. The Hall–Kier alpha value is -5.49. The largest absolute Gasteiger partial charge is 0.455 e. The van der Waals surface area contributed by atoms with Crippen molar-refractivity contribution in [2.45, 2.75) is 153 Å². The summed E-state index contributed by atoms with van der Waals surface area (Å²) in [5.74, 6) is -7.24. The number of carbonyl (C=O) groups excluding carboxylic acids is 7. The van der Waals surface area contributed by atoms with Crippen LogP contribution in [0.1, 0.15) is 116 Å². The monoisotopic (exact) mass is 917 g/mol. The summed E-state index contributed by atoms with van der Waals surface area (Å²) < 4.78 is 35.9. The fourth-order valence-corrected chi connectivity index (χ4v) is 11.0. The molecule has 3 aliphatic carbocycles. The second-order valence-corrected chi connectivity index (χ2v) is 19.4. The van der Waals surface area contributed by atoms with Gasteiger partial charge in [0.25, 0.3) is 5.91 Å². The Labute approximate surface area is 382 Å². The van der Waals surface area contributed by atoms with E-state index in [4.69, 9.17) is 28.4 Å². The predicted molar refractivity (Wildman–Crippen MR) is 230 cm³/mol. The van der Waals surface area contributed by atoms with Crippen molar-refractivity contribution in [1.82, 2.24) is 4.90 Å². The predicted octanol–water partition coefficient (Wildman–Crippen LogP) is 4.62. The van der Waals surface area contributed by atoms with Crippen LogP contribution in [0.4, 0.5) is 4.79 Å². The van der Waals surface area contributed by atoms with Gasteiger partial charge in [-0.3, -0.25) is 19.2 Å².